The first-order chi connectivity index (χ1) is 27.4. The standard InChI is InChI=1S/C40H52ClN5O10S2/c1-6-7-8-9-10-11-12-13-14-15-20-54-40(49)28-16-18-30(41)31(22-28)44-39(48)38(56-34-19-17-29(57(4,50)51)23-32(34)45-58(5,52)53)37(47)35-26(2)46(3)33-21-27(25-55-42)24-43-36(33)35/h16-19,21-24,38,45H,6-15,20,25,42H2,1-5H3,(H,44,48). The van der Waals surface area contributed by atoms with Gasteiger partial charge in [0, 0.05) is 30.8 Å². The molecule has 0 aliphatic rings. The number of nitrogens with two attached hydrogens (primary N) is 1. The van der Waals surface area contributed by atoms with Crippen LogP contribution in [0.25, 0.3) is 11.0 Å². The lowest BCUT2D eigenvalue weighted by atomic mass is 10.0. The number of pyridine rings is 1. The van der Waals surface area contributed by atoms with Crippen molar-refractivity contribution < 1.29 is 45.5 Å². The Labute approximate surface area is 344 Å². The highest BCUT2D eigenvalue weighted by atomic mass is 35.5. The largest absolute Gasteiger partial charge is 0.470 e. The lowest BCUT2D eigenvalue weighted by Gasteiger charge is -2.21. The Morgan fingerprint density at radius 2 is 1.55 bits per heavy atom. The fraction of sp³-hybridized carbons (Fsp3) is 0.450. The SMILES string of the molecule is CCCCCCCCCCCCOC(=O)c1ccc(Cl)c(NC(=O)C(Oc2ccc(S(C)(=O)=O)cc2NS(C)(=O)=O)C(=O)c2c(C)n(C)c3cc(CON)cnc23)c1. The predicted molar refractivity (Wildman–Crippen MR) is 223 cm³/mol. The van der Waals surface area contributed by atoms with Gasteiger partial charge in [0.1, 0.15) is 5.75 Å². The molecule has 4 aromatic rings. The maximum absolute atomic E-state index is 14.6. The van der Waals surface area contributed by atoms with Gasteiger partial charge in [-0.1, -0.05) is 76.3 Å². The molecule has 2 heterocycles. The smallest absolute Gasteiger partial charge is 0.338 e. The number of fused-ring (bicyclic) bond motifs is 1. The summed E-state index contributed by atoms with van der Waals surface area (Å²) < 4.78 is 64.9. The molecular formula is C40H52ClN5O10S2. The number of aryl methyl sites for hydroxylation is 1. The molecule has 2 aromatic heterocycles. The van der Waals surface area contributed by atoms with Gasteiger partial charge in [-0.2, -0.15) is 0 Å². The molecule has 0 fully saturated rings. The van der Waals surface area contributed by atoms with E-state index in [2.05, 4.69) is 21.9 Å². The number of halogens is 1. The molecule has 4 N–H and O–H groups in total. The number of hydrogen-bond acceptors (Lipinski definition) is 12. The number of ketones is 1. The summed E-state index contributed by atoms with van der Waals surface area (Å²) in [5, 5.41) is 2.60. The molecule has 0 spiro atoms. The average Bonchev–Trinajstić information content (AvgIpc) is 3.40. The molecule has 0 aliphatic heterocycles. The van der Waals surface area contributed by atoms with Crippen molar-refractivity contribution in [2.24, 2.45) is 12.9 Å². The van der Waals surface area contributed by atoms with Gasteiger partial charge in [-0.3, -0.25) is 24.1 Å². The highest BCUT2D eigenvalue weighted by molar-refractivity contribution is 7.92. The van der Waals surface area contributed by atoms with Crippen molar-refractivity contribution in [2.45, 2.75) is 95.7 Å². The van der Waals surface area contributed by atoms with Gasteiger partial charge in [0.05, 0.1) is 62.9 Å². The Morgan fingerprint density at radius 3 is 2.17 bits per heavy atom. The minimum atomic E-state index is -4.02. The number of esters is 1. The highest BCUT2D eigenvalue weighted by Crippen LogP contribution is 2.33. The maximum Gasteiger partial charge on any atom is 0.338 e. The fourth-order valence-corrected chi connectivity index (χ4v) is 7.69. The quantitative estimate of drug-likeness (QED) is 0.0225. The van der Waals surface area contributed by atoms with Crippen molar-refractivity contribution in [3.63, 3.8) is 0 Å². The molecule has 0 aliphatic carbocycles. The van der Waals surface area contributed by atoms with Gasteiger partial charge in [-0.25, -0.2) is 27.5 Å². The Kier molecular flexibility index (Phi) is 16.7. The molecule has 316 valence electrons. The second-order valence-electron chi connectivity index (χ2n) is 14.2. The molecule has 18 heteroatoms. The van der Waals surface area contributed by atoms with Crippen LogP contribution in [0.5, 0.6) is 5.75 Å². The number of aromatic nitrogens is 2. The van der Waals surface area contributed by atoms with Gasteiger partial charge in [0.2, 0.25) is 21.9 Å². The third-order valence-electron chi connectivity index (χ3n) is 9.47. The lowest BCUT2D eigenvalue weighted by molar-refractivity contribution is -0.120. The first kappa shape index (κ1) is 46.1. The topological polar surface area (TPSA) is 215 Å². The third-order valence-corrected chi connectivity index (χ3v) is 11.5. The van der Waals surface area contributed by atoms with Crippen LogP contribution in [-0.4, -0.2) is 69.3 Å². The van der Waals surface area contributed by atoms with Crippen LogP contribution < -0.4 is 20.7 Å². The monoisotopic (exact) mass is 861 g/mol. The maximum atomic E-state index is 14.6. The van der Waals surface area contributed by atoms with Crippen molar-refractivity contribution in [3.8, 4) is 5.75 Å². The Balaban J connectivity index is 1.62. The van der Waals surface area contributed by atoms with Gasteiger partial charge in [0.25, 0.3) is 5.91 Å². The van der Waals surface area contributed by atoms with E-state index in [4.69, 9.17) is 31.8 Å². The van der Waals surface area contributed by atoms with E-state index in [0.717, 1.165) is 50.0 Å². The van der Waals surface area contributed by atoms with Crippen molar-refractivity contribution in [2.75, 3.05) is 29.2 Å². The number of ether oxygens (including phenoxy) is 2. The highest BCUT2D eigenvalue weighted by Gasteiger charge is 2.35. The van der Waals surface area contributed by atoms with Gasteiger partial charge < -0.3 is 19.4 Å². The van der Waals surface area contributed by atoms with Crippen LogP contribution in [0.1, 0.15) is 103 Å². The molecule has 0 saturated carbocycles. The molecule has 0 bridgehead atoms. The summed E-state index contributed by atoms with van der Waals surface area (Å²) in [5.74, 6) is 2.35. The zero-order valence-electron chi connectivity index (χ0n) is 33.4. The van der Waals surface area contributed by atoms with Gasteiger partial charge in [0.15, 0.2) is 9.84 Å². The van der Waals surface area contributed by atoms with E-state index in [0.29, 0.717) is 23.2 Å². The van der Waals surface area contributed by atoms with Crippen LogP contribution in [0.3, 0.4) is 0 Å². The van der Waals surface area contributed by atoms with Crippen molar-refractivity contribution >= 4 is 71.5 Å². The number of Topliss-reactive ketones (excluding diaryl/α,β-unsaturated/α-hetero) is 1. The summed E-state index contributed by atoms with van der Waals surface area (Å²) in [5.41, 5.74) is 1.48. The van der Waals surface area contributed by atoms with E-state index in [9.17, 15) is 31.2 Å². The molecule has 1 amide bonds. The average molecular weight is 862 g/mol. The molecule has 15 nitrogen and oxygen atoms in total. The van der Waals surface area contributed by atoms with Gasteiger partial charge in [-0.05, 0) is 55.8 Å². The number of nitrogens with zero attached hydrogens (tertiary/aromatic N) is 2. The predicted octanol–water partition coefficient (Wildman–Crippen LogP) is 7.05. The second-order valence-corrected chi connectivity index (χ2v) is 18.4. The van der Waals surface area contributed by atoms with Crippen LogP contribution in [0.2, 0.25) is 5.02 Å². The number of amides is 1. The van der Waals surface area contributed by atoms with Gasteiger partial charge in [-0.15, -0.1) is 0 Å². The molecule has 4 rings (SSSR count). The van der Waals surface area contributed by atoms with Crippen LogP contribution >= 0.6 is 11.6 Å². The third kappa shape index (κ3) is 12.7. The molecule has 2 aromatic carbocycles. The molecular weight excluding hydrogens is 810 g/mol. The normalized spacial score (nSPS) is 12.3. The number of carbonyl (C=O) groups is 3. The first-order valence-electron chi connectivity index (χ1n) is 19.0. The molecule has 0 radical (unpaired) electrons. The summed E-state index contributed by atoms with van der Waals surface area (Å²) in [6, 6.07) is 9.15. The molecule has 0 saturated heterocycles. The second kappa shape index (κ2) is 20.9. The number of benzene rings is 2. The van der Waals surface area contributed by atoms with Crippen molar-refractivity contribution in [3.05, 3.63) is 76.1 Å². The van der Waals surface area contributed by atoms with Crippen LogP contribution in [0.4, 0.5) is 11.4 Å². The molecule has 1 unspecified atom stereocenters. The number of rotatable bonds is 23. The van der Waals surface area contributed by atoms with Crippen molar-refractivity contribution in [1.82, 2.24) is 9.55 Å². The minimum Gasteiger partial charge on any atom is -0.470 e. The number of nitrogens with one attached hydrogen (secondary N) is 2. The summed E-state index contributed by atoms with van der Waals surface area (Å²) in [7, 11) is -6.15. The summed E-state index contributed by atoms with van der Waals surface area (Å²) in [4.78, 5) is 50.8. The number of carbonyl (C=O) groups excluding carboxylic acids is 3. The lowest BCUT2D eigenvalue weighted by Crippen LogP contribution is -2.40. The van der Waals surface area contributed by atoms with Crippen molar-refractivity contribution in [1.29, 1.82) is 0 Å². The van der Waals surface area contributed by atoms with Crippen LogP contribution in [0.15, 0.2) is 53.6 Å². The number of anilines is 2. The summed E-state index contributed by atoms with van der Waals surface area (Å²) in [6.45, 7) is 4.09. The van der Waals surface area contributed by atoms with E-state index in [1.807, 2.05) is 0 Å². The van der Waals surface area contributed by atoms with E-state index < -0.39 is 43.6 Å². The number of unbranched alkanes of at least 4 members (excludes halogenated alkanes) is 9. The zero-order chi connectivity index (χ0) is 42.6. The Hall–Kier alpha value is -4.55. The first-order valence-corrected chi connectivity index (χ1v) is 23.2. The van der Waals surface area contributed by atoms with E-state index in [1.54, 1.807) is 24.6 Å². The Bertz CT molecular complexity index is 2330. The number of sulfone groups is 1. The number of hydrogen-bond donors (Lipinski definition) is 3. The molecule has 58 heavy (non-hydrogen) atoms. The van der Waals surface area contributed by atoms with E-state index in [1.165, 1.54) is 62.9 Å². The number of sulfonamides is 1. The summed E-state index contributed by atoms with van der Waals surface area (Å²) in [6.07, 6.45) is 12.5. The van der Waals surface area contributed by atoms with Gasteiger partial charge >= 0.3 is 5.97 Å². The fourth-order valence-electron chi connectivity index (χ4n) is 6.32. The van der Waals surface area contributed by atoms with Crippen LogP contribution in [0, 0.1) is 6.92 Å². The minimum absolute atomic E-state index is 0.0126. The Morgan fingerprint density at radius 1 is 0.897 bits per heavy atom. The zero-order valence-corrected chi connectivity index (χ0v) is 35.8. The van der Waals surface area contributed by atoms with Crippen LogP contribution in [-0.2, 0) is 47.9 Å². The molecule has 1 atom stereocenters. The van der Waals surface area contributed by atoms with E-state index >= 15 is 0 Å². The summed E-state index contributed by atoms with van der Waals surface area (Å²) >= 11 is 6.48. The van der Waals surface area contributed by atoms with E-state index in [-0.39, 0.29) is 56.9 Å².